The largest absolute Gasteiger partial charge is 0.496 e. The van der Waals surface area contributed by atoms with Crippen molar-refractivity contribution in [2.24, 2.45) is 5.92 Å². The van der Waals surface area contributed by atoms with Crippen molar-refractivity contribution >= 4 is 22.5 Å². The van der Waals surface area contributed by atoms with Crippen LogP contribution < -0.4 is 10.1 Å². The summed E-state index contributed by atoms with van der Waals surface area (Å²) in [5, 5.41) is 11.2. The predicted octanol–water partition coefficient (Wildman–Crippen LogP) is 6.53. The molecule has 0 aliphatic heterocycles. The summed E-state index contributed by atoms with van der Waals surface area (Å²) in [4.78, 5) is 11.6. The molecule has 5 heteroatoms. The van der Waals surface area contributed by atoms with Crippen LogP contribution in [0.1, 0.15) is 58.7 Å². The number of anilines is 1. The van der Waals surface area contributed by atoms with Crippen molar-refractivity contribution in [3.8, 4) is 5.75 Å². The second-order valence-corrected chi connectivity index (χ2v) is 6.51. The smallest absolute Gasteiger partial charge is 0.227 e. The van der Waals surface area contributed by atoms with Crippen LogP contribution in [0, 0.1) is 12.8 Å². The lowest BCUT2D eigenvalue weighted by Crippen LogP contribution is -2.13. The number of nitrogens with zero attached hydrogens (tertiary/aromatic N) is 1. The van der Waals surface area contributed by atoms with Crippen molar-refractivity contribution in [2.45, 2.75) is 60.8 Å². The lowest BCUT2D eigenvalue weighted by atomic mass is 10.1. The summed E-state index contributed by atoms with van der Waals surface area (Å²) in [6, 6.07) is 13.8. The first-order valence-electron chi connectivity index (χ1n) is 11.0. The molecule has 1 saturated carbocycles. The molecule has 4 rings (SSSR count). The van der Waals surface area contributed by atoms with E-state index in [4.69, 9.17) is 4.74 Å². The zero-order valence-corrected chi connectivity index (χ0v) is 19.5. The van der Waals surface area contributed by atoms with Gasteiger partial charge in [0.15, 0.2) is 0 Å². The van der Waals surface area contributed by atoms with Crippen molar-refractivity contribution in [2.75, 3.05) is 12.4 Å². The van der Waals surface area contributed by atoms with Gasteiger partial charge in [0, 0.05) is 22.7 Å². The number of carbonyl (C=O) groups is 1. The first-order valence-corrected chi connectivity index (χ1v) is 11.0. The molecular formula is C25H37N3O2. The first kappa shape index (κ1) is 25.2. The number of amides is 1. The number of nitrogens with one attached hydrogen (secondary N) is 2. The molecule has 1 aliphatic rings. The number of aryl methyl sites for hydroxylation is 2. The van der Waals surface area contributed by atoms with E-state index in [9.17, 15) is 4.79 Å². The molecule has 5 nitrogen and oxygen atoms in total. The molecule has 3 aromatic rings. The minimum atomic E-state index is 0.146. The zero-order chi connectivity index (χ0) is 22.5. The maximum absolute atomic E-state index is 11.6. The highest BCUT2D eigenvalue weighted by molar-refractivity contribution is 5.94. The number of hydrogen-bond acceptors (Lipinski definition) is 3. The fourth-order valence-electron chi connectivity index (χ4n) is 2.82. The lowest BCUT2D eigenvalue weighted by Gasteiger charge is -2.10. The van der Waals surface area contributed by atoms with Gasteiger partial charge in [-0.3, -0.25) is 9.89 Å². The highest BCUT2D eigenvalue weighted by Gasteiger charge is 2.29. The molecular weight excluding hydrogens is 374 g/mol. The summed E-state index contributed by atoms with van der Waals surface area (Å²) >= 11 is 0. The highest BCUT2D eigenvalue weighted by atomic mass is 16.5. The average Bonchev–Trinajstić information content (AvgIpc) is 3.60. The van der Waals surface area contributed by atoms with Crippen molar-refractivity contribution < 1.29 is 9.53 Å². The number of aromatic nitrogens is 2. The van der Waals surface area contributed by atoms with Crippen LogP contribution in [0.15, 0.2) is 42.5 Å². The molecule has 0 unspecified atom stereocenters. The van der Waals surface area contributed by atoms with E-state index in [0.29, 0.717) is 0 Å². The topological polar surface area (TPSA) is 67.0 Å². The number of para-hydroxylation sites is 1. The number of methoxy groups -OCH3 is 1. The van der Waals surface area contributed by atoms with Crippen LogP contribution in [0.2, 0.25) is 0 Å². The third kappa shape index (κ3) is 7.21. The monoisotopic (exact) mass is 411 g/mol. The van der Waals surface area contributed by atoms with E-state index in [1.165, 1.54) is 5.39 Å². The van der Waals surface area contributed by atoms with Gasteiger partial charge in [0.25, 0.3) is 0 Å². The number of aromatic amines is 1. The van der Waals surface area contributed by atoms with Crippen LogP contribution in [0.4, 0.5) is 5.69 Å². The van der Waals surface area contributed by atoms with E-state index in [1.54, 1.807) is 7.11 Å². The minimum Gasteiger partial charge on any atom is -0.496 e. The molecule has 1 amide bonds. The van der Waals surface area contributed by atoms with E-state index in [-0.39, 0.29) is 11.8 Å². The number of fused-ring (bicyclic) bond motifs is 1. The molecule has 0 atom stereocenters. The van der Waals surface area contributed by atoms with Crippen molar-refractivity contribution in [1.82, 2.24) is 10.2 Å². The van der Waals surface area contributed by atoms with Crippen molar-refractivity contribution in [3.05, 3.63) is 53.7 Å². The molecule has 30 heavy (non-hydrogen) atoms. The predicted molar refractivity (Wildman–Crippen MR) is 127 cm³/mol. The Hall–Kier alpha value is -2.82. The third-order valence-corrected chi connectivity index (χ3v) is 4.53. The summed E-state index contributed by atoms with van der Waals surface area (Å²) in [6.07, 6.45) is 2.96. The number of H-pyrrole nitrogens is 1. The maximum Gasteiger partial charge on any atom is 0.227 e. The fraction of sp³-hybridized carbons (Fsp3) is 0.440. The van der Waals surface area contributed by atoms with E-state index >= 15 is 0 Å². The first-order chi connectivity index (χ1) is 14.6. The fourth-order valence-corrected chi connectivity index (χ4v) is 2.82. The van der Waals surface area contributed by atoms with Gasteiger partial charge in [-0.05, 0) is 56.0 Å². The van der Waals surface area contributed by atoms with Crippen molar-refractivity contribution in [1.29, 1.82) is 0 Å². The second-order valence-electron chi connectivity index (χ2n) is 6.51. The van der Waals surface area contributed by atoms with E-state index < -0.39 is 0 Å². The van der Waals surface area contributed by atoms with Gasteiger partial charge in [0.1, 0.15) is 5.75 Å². The summed E-state index contributed by atoms with van der Waals surface area (Å²) < 4.78 is 5.24. The Bertz CT molecular complexity index is 898. The van der Waals surface area contributed by atoms with Crippen LogP contribution in [0.5, 0.6) is 5.75 Å². The third-order valence-electron chi connectivity index (χ3n) is 4.53. The SMILES string of the molecule is CC.CC.CCc1cc(NC(=O)C2CC2)ccc1OC.Cc1[nH]nc2ccccc12. The van der Waals surface area contributed by atoms with Crippen LogP contribution in [-0.2, 0) is 11.2 Å². The minimum absolute atomic E-state index is 0.146. The molecule has 1 aliphatic carbocycles. The number of hydrogen-bond donors (Lipinski definition) is 2. The zero-order valence-electron chi connectivity index (χ0n) is 19.5. The summed E-state index contributed by atoms with van der Waals surface area (Å²) in [6.45, 7) is 12.1. The lowest BCUT2D eigenvalue weighted by molar-refractivity contribution is -0.117. The molecule has 2 N–H and O–H groups in total. The van der Waals surface area contributed by atoms with Gasteiger partial charge in [-0.25, -0.2) is 0 Å². The second kappa shape index (κ2) is 13.4. The molecule has 164 valence electrons. The summed E-state index contributed by atoms with van der Waals surface area (Å²) in [7, 11) is 1.66. The Morgan fingerprint density at radius 1 is 1.13 bits per heavy atom. The molecule has 0 bridgehead atoms. The Kier molecular flexibility index (Phi) is 11.3. The Balaban J connectivity index is 0.000000275. The van der Waals surface area contributed by atoms with Gasteiger partial charge in [-0.15, -0.1) is 0 Å². The standard InChI is InChI=1S/C13H17NO2.C8H8N2.2C2H6/c1-3-9-8-11(6-7-12(9)16-2)14-13(15)10-4-5-10;1-6-7-4-2-3-5-8(7)10-9-6;2*1-2/h6-8,10H,3-5H2,1-2H3,(H,14,15);2-5H,1H3,(H,9,10);2*1-2H3. The summed E-state index contributed by atoms with van der Waals surface area (Å²) in [5.74, 6) is 1.27. The Labute approximate surface area is 181 Å². The molecule has 2 aromatic carbocycles. The number of rotatable bonds is 4. The Morgan fingerprint density at radius 2 is 1.80 bits per heavy atom. The quantitative estimate of drug-likeness (QED) is 0.513. The van der Waals surface area contributed by atoms with Crippen molar-refractivity contribution in [3.63, 3.8) is 0 Å². The highest BCUT2D eigenvalue weighted by Crippen LogP contribution is 2.31. The van der Waals surface area contributed by atoms with Gasteiger partial charge in [-0.2, -0.15) is 5.10 Å². The van der Waals surface area contributed by atoms with Gasteiger partial charge in [0.05, 0.1) is 12.6 Å². The van der Waals surface area contributed by atoms with E-state index in [2.05, 4.69) is 28.5 Å². The maximum atomic E-state index is 11.6. The van der Waals surface area contributed by atoms with Crippen LogP contribution in [0.3, 0.4) is 0 Å². The summed E-state index contributed by atoms with van der Waals surface area (Å²) in [5.41, 5.74) is 4.17. The molecule has 1 aromatic heterocycles. The van der Waals surface area contributed by atoms with Gasteiger partial charge in [0.2, 0.25) is 5.91 Å². The van der Waals surface area contributed by atoms with Crippen LogP contribution >= 0.6 is 0 Å². The normalized spacial score (nSPS) is 11.7. The molecule has 1 fully saturated rings. The number of benzene rings is 2. The molecule has 0 saturated heterocycles. The number of carbonyl (C=O) groups excluding carboxylic acids is 1. The average molecular weight is 412 g/mol. The number of ether oxygens (including phenoxy) is 1. The molecule has 0 radical (unpaired) electrons. The van der Waals surface area contributed by atoms with Crippen LogP contribution in [0.25, 0.3) is 10.9 Å². The van der Waals surface area contributed by atoms with E-state index in [1.807, 2.05) is 71.0 Å². The van der Waals surface area contributed by atoms with Gasteiger partial charge in [-0.1, -0.05) is 52.8 Å². The van der Waals surface area contributed by atoms with Gasteiger partial charge < -0.3 is 10.1 Å². The van der Waals surface area contributed by atoms with Gasteiger partial charge >= 0.3 is 0 Å². The Morgan fingerprint density at radius 3 is 2.37 bits per heavy atom. The molecule has 1 heterocycles. The molecule has 0 spiro atoms. The van der Waals surface area contributed by atoms with E-state index in [0.717, 1.165) is 47.5 Å². The van der Waals surface area contributed by atoms with Crippen LogP contribution in [-0.4, -0.2) is 23.2 Å².